The first-order valence-corrected chi connectivity index (χ1v) is 6.04. The van der Waals surface area contributed by atoms with Crippen LogP contribution in [0.2, 0.25) is 0 Å². The summed E-state index contributed by atoms with van der Waals surface area (Å²) in [6.45, 7) is 0.0901. The molecule has 0 saturated heterocycles. The molecule has 2 rings (SSSR count). The molecule has 16 heavy (non-hydrogen) atoms. The van der Waals surface area contributed by atoms with E-state index in [9.17, 15) is 9.59 Å². The van der Waals surface area contributed by atoms with Gasteiger partial charge in [0.25, 0.3) is 5.91 Å². The van der Waals surface area contributed by atoms with Crippen LogP contribution in [0.4, 0.5) is 0 Å². The van der Waals surface area contributed by atoms with Gasteiger partial charge in [0.1, 0.15) is 5.69 Å². The van der Waals surface area contributed by atoms with Crippen molar-refractivity contribution in [1.82, 2.24) is 15.2 Å². The largest absolute Gasteiger partial charge is 0.352 e. The second kappa shape index (κ2) is 4.61. The van der Waals surface area contributed by atoms with Gasteiger partial charge in [-0.2, -0.15) is 0 Å². The Morgan fingerprint density at radius 3 is 2.94 bits per heavy atom. The first kappa shape index (κ1) is 11.1. The van der Waals surface area contributed by atoms with Crippen LogP contribution in [0, 0.1) is 0 Å². The minimum atomic E-state index is -0.216. The lowest BCUT2D eigenvalue weighted by atomic mass is 10.4. The quantitative estimate of drug-likeness (QED) is 0.832. The lowest BCUT2D eigenvalue weighted by Crippen LogP contribution is -2.39. The highest BCUT2D eigenvalue weighted by Crippen LogP contribution is 2.18. The van der Waals surface area contributed by atoms with Crippen molar-refractivity contribution in [1.29, 1.82) is 0 Å². The van der Waals surface area contributed by atoms with Crippen molar-refractivity contribution in [2.75, 3.05) is 13.6 Å². The topological polar surface area (TPSA) is 62.3 Å². The van der Waals surface area contributed by atoms with Crippen molar-refractivity contribution in [3.63, 3.8) is 0 Å². The Balaban J connectivity index is 1.84. The molecule has 0 bridgehead atoms. The summed E-state index contributed by atoms with van der Waals surface area (Å²) in [5.41, 5.74) is 2.00. The molecule has 1 aromatic rings. The second-order valence-electron chi connectivity index (χ2n) is 3.88. The zero-order valence-electron chi connectivity index (χ0n) is 8.97. The van der Waals surface area contributed by atoms with Crippen LogP contribution in [0.25, 0.3) is 0 Å². The number of amides is 2. The average Bonchev–Trinajstić information content (AvgIpc) is 2.89. The predicted octanol–water partition coefficient (Wildman–Crippen LogP) is 0.494. The lowest BCUT2D eigenvalue weighted by molar-refractivity contribution is -0.121. The Labute approximate surface area is 97.5 Å². The predicted molar refractivity (Wildman–Crippen MR) is 60.2 cm³/mol. The van der Waals surface area contributed by atoms with E-state index < -0.39 is 0 Å². The van der Waals surface area contributed by atoms with E-state index in [0.29, 0.717) is 11.7 Å². The second-order valence-corrected chi connectivity index (χ2v) is 4.60. The van der Waals surface area contributed by atoms with E-state index in [1.54, 1.807) is 17.9 Å². The van der Waals surface area contributed by atoms with Crippen molar-refractivity contribution in [3.8, 4) is 0 Å². The summed E-state index contributed by atoms with van der Waals surface area (Å²) in [6, 6.07) is 0.329. The van der Waals surface area contributed by atoms with Gasteiger partial charge < -0.3 is 10.2 Å². The van der Waals surface area contributed by atoms with Crippen LogP contribution >= 0.6 is 11.3 Å². The highest BCUT2D eigenvalue weighted by Gasteiger charge is 2.24. The number of nitrogens with zero attached hydrogens (tertiary/aromatic N) is 2. The Morgan fingerprint density at radius 1 is 1.62 bits per heavy atom. The van der Waals surface area contributed by atoms with Crippen molar-refractivity contribution in [2.24, 2.45) is 0 Å². The monoisotopic (exact) mass is 239 g/mol. The van der Waals surface area contributed by atoms with E-state index in [1.165, 1.54) is 16.2 Å². The standard InChI is InChI=1S/C10H13N3O2S/c1-13(4-9(14)12-7-2-3-7)10(15)8-5-16-6-11-8/h5-7H,2-4H2,1H3,(H,12,14). The molecule has 1 aliphatic carbocycles. The van der Waals surface area contributed by atoms with Crippen LogP contribution in [-0.4, -0.2) is 41.3 Å². The minimum absolute atomic E-state index is 0.0901. The smallest absolute Gasteiger partial charge is 0.273 e. The van der Waals surface area contributed by atoms with E-state index in [1.807, 2.05) is 0 Å². The molecule has 6 heteroatoms. The summed E-state index contributed by atoms with van der Waals surface area (Å²) < 4.78 is 0. The summed E-state index contributed by atoms with van der Waals surface area (Å²) in [5, 5.41) is 4.51. The number of hydrogen-bond donors (Lipinski definition) is 1. The highest BCUT2D eigenvalue weighted by atomic mass is 32.1. The molecule has 0 aliphatic heterocycles. The van der Waals surface area contributed by atoms with Gasteiger partial charge >= 0.3 is 0 Å². The first-order valence-electron chi connectivity index (χ1n) is 5.10. The molecular weight excluding hydrogens is 226 g/mol. The molecule has 5 nitrogen and oxygen atoms in total. The fourth-order valence-corrected chi connectivity index (χ4v) is 1.83. The summed E-state index contributed by atoms with van der Waals surface area (Å²) in [6.07, 6.45) is 2.10. The molecule has 1 aromatic heterocycles. The van der Waals surface area contributed by atoms with Crippen LogP contribution in [0.1, 0.15) is 23.3 Å². The third-order valence-electron chi connectivity index (χ3n) is 2.32. The Morgan fingerprint density at radius 2 is 2.38 bits per heavy atom. The number of hydrogen-bond acceptors (Lipinski definition) is 4. The number of aromatic nitrogens is 1. The van der Waals surface area contributed by atoms with Gasteiger partial charge in [0.05, 0.1) is 12.1 Å². The fraction of sp³-hybridized carbons (Fsp3) is 0.500. The van der Waals surface area contributed by atoms with Crippen LogP contribution in [0.5, 0.6) is 0 Å². The summed E-state index contributed by atoms with van der Waals surface area (Å²) in [5.74, 6) is -0.319. The fourth-order valence-electron chi connectivity index (χ4n) is 1.30. The molecule has 0 spiro atoms. The van der Waals surface area contributed by atoms with Crippen LogP contribution in [-0.2, 0) is 4.79 Å². The molecule has 86 valence electrons. The van der Waals surface area contributed by atoms with E-state index in [4.69, 9.17) is 0 Å². The number of thiazole rings is 1. The van der Waals surface area contributed by atoms with Crippen molar-refractivity contribution < 1.29 is 9.59 Å². The molecule has 1 saturated carbocycles. The number of carbonyl (C=O) groups is 2. The molecule has 0 aromatic carbocycles. The van der Waals surface area contributed by atoms with Gasteiger partial charge in [-0.25, -0.2) is 4.98 Å². The maximum atomic E-state index is 11.7. The average molecular weight is 239 g/mol. The van der Waals surface area contributed by atoms with Crippen molar-refractivity contribution in [2.45, 2.75) is 18.9 Å². The van der Waals surface area contributed by atoms with E-state index in [-0.39, 0.29) is 18.4 Å². The maximum absolute atomic E-state index is 11.7. The van der Waals surface area contributed by atoms with Crippen LogP contribution < -0.4 is 5.32 Å². The molecule has 0 unspecified atom stereocenters. The van der Waals surface area contributed by atoms with Crippen molar-refractivity contribution >= 4 is 23.2 Å². The zero-order valence-corrected chi connectivity index (χ0v) is 9.79. The van der Waals surface area contributed by atoms with E-state index in [2.05, 4.69) is 10.3 Å². The summed E-state index contributed by atoms with van der Waals surface area (Å²) >= 11 is 1.37. The van der Waals surface area contributed by atoms with Gasteiger partial charge in [0.2, 0.25) is 5.91 Å². The molecule has 1 N–H and O–H groups in total. The highest BCUT2D eigenvalue weighted by molar-refractivity contribution is 7.07. The van der Waals surface area contributed by atoms with Gasteiger partial charge in [-0.3, -0.25) is 9.59 Å². The Kier molecular flexibility index (Phi) is 3.19. The van der Waals surface area contributed by atoms with Gasteiger partial charge in [-0.1, -0.05) is 0 Å². The van der Waals surface area contributed by atoms with Crippen LogP contribution in [0.3, 0.4) is 0 Å². The molecular formula is C10H13N3O2S. The molecule has 1 aliphatic rings. The zero-order chi connectivity index (χ0) is 11.5. The summed E-state index contributed by atoms with van der Waals surface area (Å²) in [7, 11) is 1.61. The van der Waals surface area contributed by atoms with Crippen molar-refractivity contribution in [3.05, 3.63) is 16.6 Å². The Hall–Kier alpha value is -1.43. The number of carbonyl (C=O) groups excluding carboxylic acids is 2. The maximum Gasteiger partial charge on any atom is 0.273 e. The van der Waals surface area contributed by atoms with Gasteiger partial charge in [-0.15, -0.1) is 11.3 Å². The molecule has 0 atom stereocenters. The summed E-state index contributed by atoms with van der Waals surface area (Å²) in [4.78, 5) is 28.5. The van der Waals surface area contributed by atoms with Gasteiger partial charge in [0, 0.05) is 18.5 Å². The molecule has 2 amide bonds. The first-order chi connectivity index (χ1) is 7.66. The van der Waals surface area contributed by atoms with Gasteiger partial charge in [0.15, 0.2) is 0 Å². The molecule has 1 fully saturated rings. The van der Waals surface area contributed by atoms with Gasteiger partial charge in [-0.05, 0) is 12.8 Å². The lowest BCUT2D eigenvalue weighted by Gasteiger charge is -2.15. The van der Waals surface area contributed by atoms with E-state index in [0.717, 1.165) is 12.8 Å². The number of rotatable bonds is 4. The van der Waals surface area contributed by atoms with E-state index >= 15 is 0 Å². The number of nitrogens with one attached hydrogen (secondary N) is 1. The van der Waals surface area contributed by atoms with Crippen LogP contribution in [0.15, 0.2) is 10.9 Å². The minimum Gasteiger partial charge on any atom is -0.352 e. The number of likely N-dealkylation sites (N-methyl/N-ethyl adjacent to an activating group) is 1. The normalized spacial score (nSPS) is 14.6. The Bertz CT molecular complexity index is 387. The third-order valence-corrected chi connectivity index (χ3v) is 2.91. The molecule has 0 radical (unpaired) electrons. The third kappa shape index (κ3) is 2.79. The SMILES string of the molecule is CN(CC(=O)NC1CC1)C(=O)c1cscn1. The molecule has 1 heterocycles.